The maximum absolute atomic E-state index is 13.1. The van der Waals surface area contributed by atoms with Crippen molar-refractivity contribution in [1.29, 1.82) is 0 Å². The first-order valence-electron chi connectivity index (χ1n) is 8.15. The molecule has 5 nitrogen and oxygen atoms in total. The van der Waals surface area contributed by atoms with Crippen LogP contribution in [0.1, 0.15) is 29.5 Å². The Morgan fingerprint density at radius 2 is 1.83 bits per heavy atom. The van der Waals surface area contributed by atoms with Crippen LogP contribution in [0.5, 0.6) is 0 Å². The minimum absolute atomic E-state index is 0.0159. The summed E-state index contributed by atoms with van der Waals surface area (Å²) >= 11 is 0. The van der Waals surface area contributed by atoms with Gasteiger partial charge >= 0.3 is 0 Å². The average Bonchev–Trinajstić information content (AvgIpc) is 2.58. The van der Waals surface area contributed by atoms with Gasteiger partial charge in [0.25, 0.3) is 0 Å². The second-order valence-electron chi connectivity index (χ2n) is 6.17. The lowest BCUT2D eigenvalue weighted by Crippen LogP contribution is -2.36. The van der Waals surface area contributed by atoms with Crippen molar-refractivity contribution >= 4 is 11.6 Å². The summed E-state index contributed by atoms with van der Waals surface area (Å²) in [6.07, 6.45) is 0. The van der Waals surface area contributed by atoms with Crippen LogP contribution < -0.4 is 11.5 Å². The molecule has 6 heteroatoms. The molecule has 0 spiro atoms. The summed E-state index contributed by atoms with van der Waals surface area (Å²) in [5.74, 6) is 0.661. The summed E-state index contributed by atoms with van der Waals surface area (Å²) in [4.78, 5) is 6.62. The number of anilines is 2. The van der Waals surface area contributed by atoms with E-state index >= 15 is 0 Å². The first-order chi connectivity index (χ1) is 11.5. The number of nitrogen functional groups attached to an aromatic ring is 2. The molecule has 1 saturated heterocycles. The number of benzene rings is 1. The van der Waals surface area contributed by atoms with E-state index in [0.717, 1.165) is 49.5 Å². The Morgan fingerprint density at radius 3 is 2.50 bits per heavy atom. The Labute approximate surface area is 141 Å². The molecular weight excluding hydrogens is 307 g/mol. The highest BCUT2D eigenvalue weighted by Gasteiger charge is 2.18. The van der Waals surface area contributed by atoms with Crippen LogP contribution in [0.2, 0.25) is 0 Å². The second kappa shape index (κ2) is 7.15. The van der Waals surface area contributed by atoms with Crippen LogP contribution in [0.25, 0.3) is 0 Å². The van der Waals surface area contributed by atoms with Crippen molar-refractivity contribution in [2.45, 2.75) is 19.4 Å². The van der Waals surface area contributed by atoms with Gasteiger partial charge < -0.3 is 16.2 Å². The zero-order chi connectivity index (χ0) is 17.1. The average molecular weight is 330 g/mol. The summed E-state index contributed by atoms with van der Waals surface area (Å²) < 4.78 is 18.5. The van der Waals surface area contributed by atoms with Crippen molar-refractivity contribution in [3.8, 4) is 0 Å². The number of nitrogens with zero attached hydrogens (tertiary/aromatic N) is 2. The summed E-state index contributed by atoms with van der Waals surface area (Å²) in [6.45, 7) is 6.00. The molecule has 128 valence electrons. The van der Waals surface area contributed by atoms with Crippen molar-refractivity contribution in [1.82, 2.24) is 9.88 Å². The second-order valence-corrected chi connectivity index (χ2v) is 6.17. The molecule has 2 aromatic rings. The zero-order valence-corrected chi connectivity index (χ0v) is 13.8. The third kappa shape index (κ3) is 3.66. The molecule has 0 aliphatic carbocycles. The lowest BCUT2D eigenvalue weighted by molar-refractivity contribution is 0.0342. The van der Waals surface area contributed by atoms with Gasteiger partial charge in [0, 0.05) is 36.7 Å². The summed E-state index contributed by atoms with van der Waals surface area (Å²) in [5.41, 5.74) is 15.0. The van der Waals surface area contributed by atoms with Crippen LogP contribution in [0, 0.1) is 5.82 Å². The maximum Gasteiger partial charge on any atom is 0.130 e. The molecule has 4 N–H and O–H groups in total. The number of rotatable bonds is 4. The lowest BCUT2D eigenvalue weighted by atomic mass is 9.92. The Kier molecular flexibility index (Phi) is 4.97. The number of ether oxygens (including phenoxy) is 1. The highest BCUT2D eigenvalue weighted by molar-refractivity contribution is 5.55. The third-order valence-corrected chi connectivity index (χ3v) is 4.53. The summed E-state index contributed by atoms with van der Waals surface area (Å²) in [6, 6.07) is 8.50. The van der Waals surface area contributed by atoms with Gasteiger partial charge in [-0.2, -0.15) is 0 Å². The fourth-order valence-corrected chi connectivity index (χ4v) is 3.01. The van der Waals surface area contributed by atoms with E-state index in [2.05, 4.69) is 9.88 Å². The van der Waals surface area contributed by atoms with E-state index in [4.69, 9.17) is 16.2 Å². The van der Waals surface area contributed by atoms with Gasteiger partial charge in [-0.1, -0.05) is 19.1 Å². The molecule has 3 rings (SSSR count). The first-order valence-corrected chi connectivity index (χ1v) is 8.15. The molecular formula is C18H23FN4O. The Balaban J connectivity index is 1.86. The SMILES string of the molecule is CC(c1ccc(F)cc1)c1cc(CN2CCOCC2)c(N)nc1N. The Morgan fingerprint density at radius 1 is 1.17 bits per heavy atom. The maximum atomic E-state index is 13.1. The molecule has 0 amide bonds. The molecule has 1 aliphatic heterocycles. The number of hydrogen-bond donors (Lipinski definition) is 2. The molecule has 1 atom stereocenters. The molecule has 1 aromatic heterocycles. The predicted octanol–water partition coefficient (Wildman–Crippen LogP) is 2.37. The Hall–Kier alpha value is -2.18. The number of pyridine rings is 1. The van der Waals surface area contributed by atoms with Crippen LogP contribution in [0.15, 0.2) is 30.3 Å². The van der Waals surface area contributed by atoms with Crippen molar-refractivity contribution in [3.63, 3.8) is 0 Å². The fourth-order valence-electron chi connectivity index (χ4n) is 3.01. The number of hydrogen-bond acceptors (Lipinski definition) is 5. The number of halogens is 1. The van der Waals surface area contributed by atoms with E-state index in [-0.39, 0.29) is 11.7 Å². The molecule has 1 aromatic carbocycles. The number of aromatic nitrogens is 1. The van der Waals surface area contributed by atoms with E-state index in [0.29, 0.717) is 11.6 Å². The van der Waals surface area contributed by atoms with Crippen LogP contribution in [0.4, 0.5) is 16.0 Å². The normalized spacial score (nSPS) is 16.9. The van der Waals surface area contributed by atoms with Gasteiger partial charge in [0.2, 0.25) is 0 Å². The van der Waals surface area contributed by atoms with E-state index in [1.54, 1.807) is 12.1 Å². The van der Waals surface area contributed by atoms with E-state index in [1.165, 1.54) is 12.1 Å². The highest BCUT2D eigenvalue weighted by Crippen LogP contribution is 2.30. The lowest BCUT2D eigenvalue weighted by Gasteiger charge is -2.27. The van der Waals surface area contributed by atoms with E-state index < -0.39 is 0 Å². The van der Waals surface area contributed by atoms with Crippen molar-refractivity contribution in [2.24, 2.45) is 0 Å². The van der Waals surface area contributed by atoms with Gasteiger partial charge in [-0.05, 0) is 23.8 Å². The molecule has 1 aliphatic rings. The van der Waals surface area contributed by atoms with Gasteiger partial charge in [0.15, 0.2) is 0 Å². The van der Waals surface area contributed by atoms with E-state index in [9.17, 15) is 4.39 Å². The summed E-state index contributed by atoms with van der Waals surface area (Å²) in [5, 5.41) is 0. The number of morpholine rings is 1. The molecule has 0 saturated carbocycles. The molecule has 24 heavy (non-hydrogen) atoms. The van der Waals surface area contributed by atoms with Crippen LogP contribution in [-0.2, 0) is 11.3 Å². The third-order valence-electron chi connectivity index (χ3n) is 4.53. The predicted molar refractivity (Wildman–Crippen MR) is 93.1 cm³/mol. The summed E-state index contributed by atoms with van der Waals surface area (Å²) in [7, 11) is 0. The molecule has 0 bridgehead atoms. The topological polar surface area (TPSA) is 77.4 Å². The fraction of sp³-hybridized carbons (Fsp3) is 0.389. The minimum atomic E-state index is -0.248. The minimum Gasteiger partial charge on any atom is -0.383 e. The van der Waals surface area contributed by atoms with Crippen LogP contribution in [-0.4, -0.2) is 36.2 Å². The highest BCUT2D eigenvalue weighted by atomic mass is 19.1. The molecule has 0 radical (unpaired) electrons. The van der Waals surface area contributed by atoms with Crippen LogP contribution in [0.3, 0.4) is 0 Å². The molecule has 2 heterocycles. The first kappa shape index (κ1) is 16.7. The molecule has 1 fully saturated rings. The van der Waals surface area contributed by atoms with Gasteiger partial charge in [0.1, 0.15) is 17.5 Å². The molecule has 1 unspecified atom stereocenters. The van der Waals surface area contributed by atoms with Gasteiger partial charge in [-0.25, -0.2) is 9.37 Å². The van der Waals surface area contributed by atoms with Crippen molar-refractivity contribution in [2.75, 3.05) is 37.8 Å². The monoisotopic (exact) mass is 330 g/mol. The standard InChI is InChI=1S/C18H23FN4O/c1-12(13-2-4-15(19)5-3-13)16-10-14(17(20)22-18(16)21)11-23-6-8-24-9-7-23/h2-5,10,12H,6-9,11H2,1H3,(H4,20,21,22). The van der Waals surface area contributed by atoms with Gasteiger partial charge in [-0.15, -0.1) is 0 Å². The largest absolute Gasteiger partial charge is 0.383 e. The zero-order valence-electron chi connectivity index (χ0n) is 13.8. The van der Waals surface area contributed by atoms with Crippen molar-refractivity contribution in [3.05, 3.63) is 52.8 Å². The van der Waals surface area contributed by atoms with Gasteiger partial charge in [-0.3, -0.25) is 4.90 Å². The number of nitrogens with two attached hydrogens (primary N) is 2. The Bertz CT molecular complexity index is 699. The smallest absolute Gasteiger partial charge is 0.130 e. The van der Waals surface area contributed by atoms with Crippen LogP contribution >= 0.6 is 0 Å². The quantitative estimate of drug-likeness (QED) is 0.900. The van der Waals surface area contributed by atoms with Crippen molar-refractivity contribution < 1.29 is 9.13 Å². The van der Waals surface area contributed by atoms with Gasteiger partial charge in [0.05, 0.1) is 13.2 Å². The van der Waals surface area contributed by atoms with E-state index in [1.807, 2.05) is 13.0 Å².